The van der Waals surface area contributed by atoms with Gasteiger partial charge in [-0.2, -0.15) is 0 Å². The molecule has 2 fully saturated rings. The van der Waals surface area contributed by atoms with Crippen molar-refractivity contribution in [2.45, 2.75) is 51.1 Å². The van der Waals surface area contributed by atoms with Crippen LogP contribution in [-0.2, 0) is 31.9 Å². The van der Waals surface area contributed by atoms with Crippen molar-refractivity contribution >= 4 is 11.9 Å². The van der Waals surface area contributed by atoms with Crippen LogP contribution in [0.15, 0.2) is 73.8 Å². The number of carbonyl (C=O) groups is 2. The second kappa shape index (κ2) is 14.1. The molecule has 2 aromatic carbocycles. The standard InChI is InChI=1S/C32H40N2O6/c1-5-13-23-15-9-11-17-25(23)37-27-19-33(7-3)21-29(27)39-31(35)32(36)40-30-22-34(8-4)20-28(30)38-26-18-12-10-16-24(26)14-6-2/h5-6,9-12,15-18,27-30H,1-2,7-8,13-14,19-22H2,3-4H3. The Labute approximate surface area is 237 Å². The Hall–Kier alpha value is -3.62. The number of likely N-dealkylation sites (N-methyl/N-ethyl adjacent to an activating group) is 2. The molecule has 0 radical (unpaired) electrons. The predicted molar refractivity (Wildman–Crippen MR) is 154 cm³/mol. The molecule has 4 rings (SSSR count). The van der Waals surface area contributed by atoms with Crippen molar-refractivity contribution in [2.24, 2.45) is 0 Å². The van der Waals surface area contributed by atoms with Gasteiger partial charge in [0.2, 0.25) is 0 Å². The number of para-hydroxylation sites is 2. The van der Waals surface area contributed by atoms with Crippen molar-refractivity contribution in [2.75, 3.05) is 39.3 Å². The van der Waals surface area contributed by atoms with Crippen LogP contribution in [0.25, 0.3) is 0 Å². The first-order chi connectivity index (χ1) is 19.4. The first-order valence-corrected chi connectivity index (χ1v) is 14.0. The lowest BCUT2D eigenvalue weighted by Crippen LogP contribution is -2.40. The van der Waals surface area contributed by atoms with Crippen LogP contribution in [0.3, 0.4) is 0 Å². The fourth-order valence-corrected chi connectivity index (χ4v) is 5.19. The van der Waals surface area contributed by atoms with Gasteiger partial charge < -0.3 is 18.9 Å². The maximum atomic E-state index is 13.0. The third-order valence-electron chi connectivity index (χ3n) is 7.39. The summed E-state index contributed by atoms with van der Waals surface area (Å²) in [5, 5.41) is 0. The zero-order chi connectivity index (χ0) is 28.5. The minimum atomic E-state index is -1.02. The van der Waals surface area contributed by atoms with Crippen molar-refractivity contribution in [3.05, 3.63) is 85.0 Å². The van der Waals surface area contributed by atoms with Crippen LogP contribution in [0.1, 0.15) is 25.0 Å². The number of esters is 2. The molecule has 0 amide bonds. The maximum Gasteiger partial charge on any atom is 0.417 e. The molecule has 214 valence electrons. The summed E-state index contributed by atoms with van der Waals surface area (Å²) in [6.45, 7) is 15.4. The summed E-state index contributed by atoms with van der Waals surface area (Å²) in [4.78, 5) is 30.2. The number of hydrogen-bond acceptors (Lipinski definition) is 8. The summed E-state index contributed by atoms with van der Waals surface area (Å²) in [7, 11) is 0. The van der Waals surface area contributed by atoms with Crippen molar-refractivity contribution < 1.29 is 28.5 Å². The molecule has 2 aliphatic rings. The topological polar surface area (TPSA) is 77.5 Å². The van der Waals surface area contributed by atoms with E-state index in [0.717, 1.165) is 35.7 Å². The highest BCUT2D eigenvalue weighted by molar-refractivity contribution is 6.29. The molecule has 4 unspecified atom stereocenters. The fourth-order valence-electron chi connectivity index (χ4n) is 5.19. The fraction of sp³-hybridized carbons (Fsp3) is 0.438. The van der Waals surface area contributed by atoms with Gasteiger partial charge in [-0.1, -0.05) is 62.4 Å². The lowest BCUT2D eigenvalue weighted by Gasteiger charge is -2.23. The highest BCUT2D eigenvalue weighted by atomic mass is 16.6. The van der Waals surface area contributed by atoms with E-state index >= 15 is 0 Å². The van der Waals surface area contributed by atoms with E-state index in [1.165, 1.54) is 0 Å². The van der Waals surface area contributed by atoms with E-state index in [2.05, 4.69) is 23.0 Å². The van der Waals surface area contributed by atoms with Crippen LogP contribution in [0.4, 0.5) is 0 Å². The summed E-state index contributed by atoms with van der Waals surface area (Å²) < 4.78 is 24.0. The number of allylic oxidation sites excluding steroid dienone is 2. The number of nitrogens with zero attached hydrogens (tertiary/aromatic N) is 2. The lowest BCUT2D eigenvalue weighted by atomic mass is 10.1. The minimum absolute atomic E-state index is 0.415. The van der Waals surface area contributed by atoms with E-state index in [-0.39, 0.29) is 0 Å². The summed E-state index contributed by atoms with van der Waals surface area (Å²) in [5.41, 5.74) is 2.00. The summed E-state index contributed by atoms with van der Waals surface area (Å²) in [6.07, 6.45) is 2.92. The second-order valence-electron chi connectivity index (χ2n) is 10.1. The molecule has 2 heterocycles. The Kier molecular flexibility index (Phi) is 10.4. The van der Waals surface area contributed by atoms with E-state index in [0.29, 0.717) is 39.0 Å². The Bertz CT molecular complexity index is 1090. The van der Waals surface area contributed by atoms with Crippen LogP contribution < -0.4 is 9.47 Å². The van der Waals surface area contributed by atoms with Crippen LogP contribution >= 0.6 is 0 Å². The molecule has 4 atom stereocenters. The average Bonchev–Trinajstić information content (AvgIpc) is 3.53. The summed E-state index contributed by atoms with van der Waals surface area (Å²) >= 11 is 0. The van der Waals surface area contributed by atoms with Gasteiger partial charge in [0.1, 0.15) is 23.7 Å². The molecule has 0 spiro atoms. The largest absolute Gasteiger partial charge is 0.485 e. The van der Waals surface area contributed by atoms with E-state index in [1.807, 2.05) is 74.5 Å². The molecule has 0 N–H and O–H groups in total. The number of rotatable bonds is 12. The number of ether oxygens (including phenoxy) is 4. The van der Waals surface area contributed by atoms with E-state index < -0.39 is 36.4 Å². The van der Waals surface area contributed by atoms with Gasteiger partial charge in [0.15, 0.2) is 12.2 Å². The number of benzene rings is 2. The molecule has 40 heavy (non-hydrogen) atoms. The molecule has 2 aromatic rings. The number of likely N-dealkylation sites (tertiary alicyclic amines) is 2. The van der Waals surface area contributed by atoms with Gasteiger partial charge in [0, 0.05) is 26.2 Å². The molecule has 0 saturated carbocycles. The zero-order valence-corrected chi connectivity index (χ0v) is 23.5. The monoisotopic (exact) mass is 548 g/mol. The molecule has 8 nitrogen and oxygen atoms in total. The Morgan fingerprint density at radius 3 is 1.45 bits per heavy atom. The molecule has 2 aliphatic heterocycles. The quantitative estimate of drug-likeness (QED) is 0.225. The molecular formula is C32H40N2O6. The van der Waals surface area contributed by atoms with Gasteiger partial charge in [-0.3, -0.25) is 9.80 Å². The van der Waals surface area contributed by atoms with Gasteiger partial charge in [-0.25, -0.2) is 9.59 Å². The zero-order valence-electron chi connectivity index (χ0n) is 23.5. The molecule has 0 aromatic heterocycles. The molecule has 0 bridgehead atoms. The highest BCUT2D eigenvalue weighted by Gasteiger charge is 2.41. The highest BCUT2D eigenvalue weighted by Crippen LogP contribution is 2.27. The minimum Gasteiger partial charge on any atom is -0.485 e. The van der Waals surface area contributed by atoms with Crippen LogP contribution in [0.5, 0.6) is 11.5 Å². The van der Waals surface area contributed by atoms with Crippen molar-refractivity contribution in [3.63, 3.8) is 0 Å². The SMILES string of the molecule is C=CCc1ccccc1OC1CN(CC)CC1OC(=O)C(=O)OC1CN(CC)CC1Oc1ccccc1CC=C. The van der Waals surface area contributed by atoms with Crippen molar-refractivity contribution in [3.8, 4) is 11.5 Å². The molecular weight excluding hydrogens is 508 g/mol. The predicted octanol–water partition coefficient (Wildman–Crippen LogP) is 3.83. The first kappa shape index (κ1) is 29.4. The summed E-state index contributed by atoms with van der Waals surface area (Å²) in [6, 6.07) is 15.5. The Morgan fingerprint density at radius 2 is 1.07 bits per heavy atom. The van der Waals surface area contributed by atoms with E-state index in [4.69, 9.17) is 18.9 Å². The molecule has 2 saturated heterocycles. The Balaban J connectivity index is 1.41. The smallest absolute Gasteiger partial charge is 0.417 e. The van der Waals surface area contributed by atoms with Crippen LogP contribution in [0, 0.1) is 0 Å². The summed E-state index contributed by atoms with van der Waals surface area (Å²) in [5.74, 6) is -0.596. The van der Waals surface area contributed by atoms with E-state index in [1.54, 1.807) is 0 Å². The Morgan fingerprint density at radius 1 is 0.700 bits per heavy atom. The number of carbonyl (C=O) groups excluding carboxylic acids is 2. The maximum absolute atomic E-state index is 13.0. The van der Waals surface area contributed by atoms with Crippen LogP contribution in [0.2, 0.25) is 0 Å². The van der Waals surface area contributed by atoms with Crippen molar-refractivity contribution in [1.82, 2.24) is 9.80 Å². The first-order valence-electron chi connectivity index (χ1n) is 14.0. The van der Waals surface area contributed by atoms with Gasteiger partial charge in [0.25, 0.3) is 0 Å². The second-order valence-corrected chi connectivity index (χ2v) is 10.1. The normalized spacial score (nSPS) is 22.9. The molecule has 8 heteroatoms. The van der Waals surface area contributed by atoms with Crippen molar-refractivity contribution in [1.29, 1.82) is 0 Å². The molecule has 0 aliphatic carbocycles. The van der Waals surface area contributed by atoms with Crippen LogP contribution in [-0.4, -0.2) is 85.4 Å². The van der Waals surface area contributed by atoms with E-state index in [9.17, 15) is 9.59 Å². The van der Waals surface area contributed by atoms with Gasteiger partial charge in [-0.15, -0.1) is 13.2 Å². The lowest BCUT2D eigenvalue weighted by molar-refractivity contribution is -0.176. The average molecular weight is 549 g/mol. The third-order valence-corrected chi connectivity index (χ3v) is 7.39. The van der Waals surface area contributed by atoms with Gasteiger partial charge >= 0.3 is 11.9 Å². The number of hydrogen-bond donors (Lipinski definition) is 0. The third kappa shape index (κ3) is 7.31. The van der Waals surface area contributed by atoms with Gasteiger partial charge in [-0.05, 0) is 49.2 Å². The van der Waals surface area contributed by atoms with Gasteiger partial charge in [0.05, 0.1) is 0 Å².